The molecule has 3 atom stereocenters. The van der Waals surface area contributed by atoms with Crippen molar-refractivity contribution in [3.8, 4) is 0 Å². The molecular weight excluding hydrogens is 482 g/mol. The first kappa shape index (κ1) is 21.5. The molecule has 8 rings (SSSR count). The van der Waals surface area contributed by atoms with E-state index >= 15 is 0 Å². The average molecular weight is 504 g/mol. The van der Waals surface area contributed by atoms with Gasteiger partial charge in [-0.15, -0.1) is 0 Å². The predicted octanol–water partition coefficient (Wildman–Crippen LogP) is 6.21. The Morgan fingerprint density at radius 2 is 1.43 bits per heavy atom. The molecule has 180 valence electrons. The molecule has 2 fully saturated rings. The second kappa shape index (κ2) is 7.03. The lowest BCUT2D eigenvalue weighted by Gasteiger charge is -2.44. The van der Waals surface area contributed by atoms with E-state index in [4.69, 9.17) is 11.6 Å². The topological polar surface area (TPSA) is 54.5 Å². The summed E-state index contributed by atoms with van der Waals surface area (Å²) in [5, 5.41) is 2.37. The van der Waals surface area contributed by atoms with Gasteiger partial charge in [0.25, 0.3) is 0 Å². The van der Waals surface area contributed by atoms with E-state index in [1.807, 2.05) is 54.6 Å². The molecule has 4 aromatic carbocycles. The van der Waals surface area contributed by atoms with E-state index in [1.54, 1.807) is 30.3 Å². The first-order valence-corrected chi connectivity index (χ1v) is 13.2. The molecule has 0 aromatic heterocycles. The van der Waals surface area contributed by atoms with Crippen molar-refractivity contribution >= 4 is 39.7 Å². The van der Waals surface area contributed by atoms with Gasteiger partial charge in [-0.1, -0.05) is 84.4 Å². The third kappa shape index (κ3) is 2.21. The molecule has 37 heavy (non-hydrogen) atoms. The minimum Gasteiger partial charge on any atom is -0.293 e. The minimum absolute atomic E-state index is 0.134. The van der Waals surface area contributed by atoms with E-state index in [2.05, 4.69) is 4.90 Å². The van der Waals surface area contributed by atoms with E-state index in [0.29, 0.717) is 28.3 Å². The van der Waals surface area contributed by atoms with Gasteiger partial charge < -0.3 is 0 Å². The van der Waals surface area contributed by atoms with Gasteiger partial charge in [0.2, 0.25) is 0 Å². The van der Waals surface area contributed by atoms with Gasteiger partial charge in [0.1, 0.15) is 11.0 Å². The fraction of sp³-hybridized carbons (Fsp3) is 0.219. The molecule has 5 heteroatoms. The van der Waals surface area contributed by atoms with Crippen LogP contribution in [0.4, 0.5) is 0 Å². The van der Waals surface area contributed by atoms with Gasteiger partial charge in [-0.25, -0.2) is 0 Å². The summed E-state index contributed by atoms with van der Waals surface area (Å²) >= 11 is 6.49. The number of halogens is 1. The quantitative estimate of drug-likeness (QED) is 0.290. The van der Waals surface area contributed by atoms with Crippen LogP contribution in [-0.2, 0) is 5.54 Å². The Balaban J connectivity index is 1.55. The molecule has 4 nitrogen and oxygen atoms in total. The molecule has 2 spiro atoms. The molecule has 0 amide bonds. The summed E-state index contributed by atoms with van der Waals surface area (Å²) in [5.41, 5.74) is 0.0330. The Labute approximate surface area is 218 Å². The molecule has 2 aliphatic carbocycles. The Hall–Kier alpha value is -3.60. The van der Waals surface area contributed by atoms with Crippen molar-refractivity contribution in [1.29, 1.82) is 0 Å². The number of nitrogens with zero attached hydrogens (tertiary/aromatic N) is 1. The Bertz CT molecular complexity index is 1680. The highest BCUT2D eigenvalue weighted by Gasteiger charge is 2.81. The lowest BCUT2D eigenvalue weighted by atomic mass is 9.56. The number of carbonyl (C=O) groups is 3. The first-order valence-electron chi connectivity index (χ1n) is 12.8. The Morgan fingerprint density at radius 1 is 0.757 bits per heavy atom. The van der Waals surface area contributed by atoms with Crippen LogP contribution in [0.15, 0.2) is 84.9 Å². The van der Waals surface area contributed by atoms with Gasteiger partial charge in [-0.3, -0.25) is 19.3 Å². The number of rotatable bonds is 1. The van der Waals surface area contributed by atoms with Crippen LogP contribution in [0.3, 0.4) is 0 Å². The zero-order valence-electron chi connectivity index (χ0n) is 19.9. The van der Waals surface area contributed by atoms with Crippen LogP contribution in [0.5, 0.6) is 0 Å². The minimum atomic E-state index is -1.61. The van der Waals surface area contributed by atoms with Gasteiger partial charge in [0.15, 0.2) is 17.3 Å². The highest BCUT2D eigenvalue weighted by atomic mass is 35.5. The molecule has 4 aliphatic rings. The number of hydrogen-bond acceptors (Lipinski definition) is 4. The van der Waals surface area contributed by atoms with Crippen LogP contribution < -0.4 is 0 Å². The van der Waals surface area contributed by atoms with Crippen molar-refractivity contribution in [1.82, 2.24) is 4.90 Å². The third-order valence-electron chi connectivity index (χ3n) is 9.36. The van der Waals surface area contributed by atoms with Crippen molar-refractivity contribution in [2.24, 2.45) is 5.41 Å². The second-order valence-electron chi connectivity index (χ2n) is 10.7. The number of ketones is 3. The molecule has 0 radical (unpaired) electrons. The maximum atomic E-state index is 14.9. The predicted molar refractivity (Wildman–Crippen MR) is 141 cm³/mol. The van der Waals surface area contributed by atoms with E-state index in [1.165, 1.54) is 0 Å². The smallest absolute Gasteiger partial charge is 0.189 e. The lowest BCUT2D eigenvalue weighted by Crippen LogP contribution is -2.60. The lowest BCUT2D eigenvalue weighted by molar-refractivity contribution is 0.0278. The summed E-state index contributed by atoms with van der Waals surface area (Å²) in [5.74, 6) is -1.13. The highest BCUT2D eigenvalue weighted by Crippen LogP contribution is 2.71. The number of carbonyl (C=O) groups excluding carboxylic acids is 3. The summed E-state index contributed by atoms with van der Waals surface area (Å²) in [6, 6.07) is 26.1. The molecule has 0 bridgehead atoms. The largest absolute Gasteiger partial charge is 0.293 e. The van der Waals surface area contributed by atoms with Crippen LogP contribution >= 0.6 is 11.6 Å². The van der Waals surface area contributed by atoms with Crippen molar-refractivity contribution in [2.45, 2.75) is 30.3 Å². The summed E-state index contributed by atoms with van der Waals surface area (Å²) < 4.78 is 0. The highest BCUT2D eigenvalue weighted by molar-refractivity contribution is 6.36. The fourth-order valence-electron chi connectivity index (χ4n) is 8.31. The van der Waals surface area contributed by atoms with Crippen LogP contribution in [0.25, 0.3) is 10.8 Å². The maximum absolute atomic E-state index is 14.9. The standard InChI is InChI=1S/C32H22ClNO3/c33-20-10-3-9-19(17-20)27-25-15-6-16-34(25)32(31(27)28(35)21-11-1-2-12-22(21)29(31)36)24-14-5-8-18-7-4-13-23(26(18)24)30(32)37/h1-5,7-14,17,25,27H,6,15-16H2/t25-,27-,32?/m1/s1. The summed E-state index contributed by atoms with van der Waals surface area (Å²) in [6.07, 6.45) is 1.70. The van der Waals surface area contributed by atoms with Crippen molar-refractivity contribution in [3.63, 3.8) is 0 Å². The van der Waals surface area contributed by atoms with E-state index < -0.39 is 16.9 Å². The molecule has 1 unspecified atom stereocenters. The summed E-state index contributed by atoms with van der Waals surface area (Å²) in [7, 11) is 0. The van der Waals surface area contributed by atoms with Gasteiger partial charge in [-0.05, 0) is 53.4 Å². The van der Waals surface area contributed by atoms with Crippen LogP contribution in [0, 0.1) is 5.41 Å². The molecule has 0 saturated carbocycles. The Kier molecular flexibility index (Phi) is 4.08. The van der Waals surface area contributed by atoms with E-state index in [-0.39, 0.29) is 23.4 Å². The van der Waals surface area contributed by atoms with Crippen LogP contribution in [0.1, 0.15) is 61.0 Å². The molecular formula is C32H22ClNO3. The van der Waals surface area contributed by atoms with Crippen LogP contribution in [-0.4, -0.2) is 34.8 Å². The third-order valence-corrected chi connectivity index (χ3v) is 9.60. The molecule has 2 saturated heterocycles. The maximum Gasteiger partial charge on any atom is 0.189 e. The molecule has 0 N–H and O–H groups in total. The fourth-order valence-corrected chi connectivity index (χ4v) is 8.51. The average Bonchev–Trinajstić information content (AvgIpc) is 3.61. The van der Waals surface area contributed by atoms with E-state index in [9.17, 15) is 14.4 Å². The monoisotopic (exact) mass is 503 g/mol. The zero-order chi connectivity index (χ0) is 25.1. The first-order chi connectivity index (χ1) is 18.0. The number of hydrogen-bond donors (Lipinski definition) is 0. The number of benzene rings is 4. The van der Waals surface area contributed by atoms with Crippen molar-refractivity contribution in [3.05, 3.63) is 118 Å². The SMILES string of the molecule is O=C1c2ccccc2C(=O)C12[C@H](c1cccc(Cl)c1)[C@H]1CCCN1C21C(=O)c2cccc3cccc1c23. The normalized spacial score (nSPS) is 27.1. The second-order valence-corrected chi connectivity index (χ2v) is 11.1. The molecule has 4 aromatic rings. The van der Waals surface area contributed by atoms with Gasteiger partial charge in [0, 0.05) is 33.7 Å². The molecule has 2 aliphatic heterocycles. The van der Waals surface area contributed by atoms with Gasteiger partial charge >= 0.3 is 0 Å². The Morgan fingerprint density at radius 3 is 2.16 bits per heavy atom. The molecule has 2 heterocycles. The van der Waals surface area contributed by atoms with Crippen molar-refractivity contribution in [2.75, 3.05) is 6.54 Å². The van der Waals surface area contributed by atoms with E-state index in [0.717, 1.165) is 34.7 Å². The van der Waals surface area contributed by atoms with Crippen LogP contribution in [0.2, 0.25) is 5.02 Å². The zero-order valence-corrected chi connectivity index (χ0v) is 20.7. The van der Waals surface area contributed by atoms with Gasteiger partial charge in [-0.2, -0.15) is 0 Å². The summed E-state index contributed by atoms with van der Waals surface area (Å²) in [4.78, 5) is 46.9. The number of fused-ring (bicyclic) bond motifs is 5. The van der Waals surface area contributed by atoms with Crippen molar-refractivity contribution < 1.29 is 14.4 Å². The van der Waals surface area contributed by atoms with Gasteiger partial charge in [0.05, 0.1) is 0 Å². The summed E-state index contributed by atoms with van der Waals surface area (Å²) in [6.45, 7) is 0.649. The number of Topliss-reactive ketones (excluding diaryl/α,β-unsaturated/α-hetero) is 3.